The maximum atomic E-state index is 12.6. The summed E-state index contributed by atoms with van der Waals surface area (Å²) in [5.41, 5.74) is 2.77. The number of benzene rings is 1. The van der Waals surface area contributed by atoms with Gasteiger partial charge in [0.15, 0.2) is 5.69 Å². The van der Waals surface area contributed by atoms with Gasteiger partial charge in [0.1, 0.15) is 0 Å². The van der Waals surface area contributed by atoms with Crippen LogP contribution in [0.2, 0.25) is 0 Å². The minimum atomic E-state index is -0.330. The molecule has 2 N–H and O–H groups in total. The van der Waals surface area contributed by atoms with Crippen LogP contribution in [-0.4, -0.2) is 28.2 Å². The molecule has 0 bridgehead atoms. The predicted molar refractivity (Wildman–Crippen MR) is 118 cm³/mol. The highest BCUT2D eigenvalue weighted by atomic mass is 79.9. The summed E-state index contributed by atoms with van der Waals surface area (Å²) in [6.45, 7) is 9.83. The number of hydrogen-bond acceptors (Lipinski definition) is 3. The van der Waals surface area contributed by atoms with Crippen molar-refractivity contribution in [3.05, 3.63) is 64.1 Å². The number of halogens is 1. The third kappa shape index (κ3) is 5.66. The molecule has 0 saturated carbocycles. The summed E-state index contributed by atoms with van der Waals surface area (Å²) < 4.78 is 2.72. The molecule has 150 valence electrons. The Hall–Kier alpha value is -2.67. The van der Waals surface area contributed by atoms with E-state index in [0.29, 0.717) is 22.5 Å². The van der Waals surface area contributed by atoms with Crippen molar-refractivity contribution in [1.29, 1.82) is 0 Å². The Bertz CT molecular complexity index is 951. The molecule has 0 aliphatic heterocycles. The zero-order valence-corrected chi connectivity index (χ0v) is 18.7. The second kappa shape index (κ2) is 11.2. The lowest BCUT2D eigenvalue weighted by molar-refractivity contribution is 0.0961. The molecule has 1 aromatic carbocycles. The number of nitrogens with zero attached hydrogens (tertiary/aromatic N) is 2. The molecule has 0 fully saturated rings. The molecule has 0 saturated heterocycles. The highest BCUT2D eigenvalue weighted by Crippen LogP contribution is 2.20. The van der Waals surface area contributed by atoms with Gasteiger partial charge in [0.2, 0.25) is 0 Å². The minimum Gasteiger partial charge on any atom is -0.355 e. The zero-order chi connectivity index (χ0) is 21.3. The normalized spacial score (nSPS) is 9.54. The van der Waals surface area contributed by atoms with Gasteiger partial charge in [-0.05, 0) is 47.1 Å². The molecule has 6 nitrogen and oxygen atoms in total. The molecule has 3 aromatic rings. The number of anilines is 1. The van der Waals surface area contributed by atoms with Gasteiger partial charge in [-0.25, -0.2) is 4.98 Å². The van der Waals surface area contributed by atoms with Crippen LogP contribution in [0.5, 0.6) is 0 Å². The second-order valence-electron chi connectivity index (χ2n) is 5.30. The first-order valence-electron chi connectivity index (χ1n) is 9.26. The number of hydrogen-bond donors (Lipinski definition) is 2. The first-order valence-corrected chi connectivity index (χ1v) is 10.1. The molecular formula is C21H27BrN4O2. The number of carbonyl (C=O) groups is 2. The molecule has 3 rings (SSSR count). The second-order valence-corrected chi connectivity index (χ2v) is 6.21. The molecule has 0 spiro atoms. The maximum Gasteiger partial charge on any atom is 0.276 e. The summed E-state index contributed by atoms with van der Waals surface area (Å²) in [4.78, 5) is 28.7. The van der Waals surface area contributed by atoms with E-state index in [1.165, 1.54) is 0 Å². The van der Waals surface area contributed by atoms with Crippen LogP contribution in [0.15, 0.2) is 47.2 Å². The molecule has 2 heterocycles. The van der Waals surface area contributed by atoms with Gasteiger partial charge in [-0.2, -0.15) is 0 Å². The summed E-state index contributed by atoms with van der Waals surface area (Å²) in [6.07, 6.45) is 3.72. The van der Waals surface area contributed by atoms with Gasteiger partial charge < -0.3 is 15.0 Å². The van der Waals surface area contributed by atoms with Crippen molar-refractivity contribution in [3.8, 4) is 0 Å². The Morgan fingerprint density at radius 2 is 1.71 bits per heavy atom. The fraction of sp³-hybridized carbons (Fsp3) is 0.286. The first kappa shape index (κ1) is 23.4. The topological polar surface area (TPSA) is 75.5 Å². The van der Waals surface area contributed by atoms with E-state index in [0.717, 1.165) is 10.2 Å². The Morgan fingerprint density at radius 1 is 1.04 bits per heavy atom. The monoisotopic (exact) mass is 446 g/mol. The Labute approximate surface area is 174 Å². The van der Waals surface area contributed by atoms with Gasteiger partial charge in [-0.1, -0.05) is 33.8 Å². The summed E-state index contributed by atoms with van der Waals surface area (Å²) in [5, 5.41) is 5.35. The van der Waals surface area contributed by atoms with E-state index in [-0.39, 0.29) is 11.8 Å². The Balaban J connectivity index is 0.000000921. The van der Waals surface area contributed by atoms with Crippen molar-refractivity contribution in [1.82, 2.24) is 14.7 Å². The van der Waals surface area contributed by atoms with Crippen LogP contribution in [0.4, 0.5) is 5.69 Å². The lowest BCUT2D eigenvalue weighted by Crippen LogP contribution is -2.19. The van der Waals surface area contributed by atoms with E-state index in [2.05, 4.69) is 31.5 Å². The number of carbonyl (C=O) groups excluding carboxylic acids is 2. The van der Waals surface area contributed by atoms with Gasteiger partial charge in [-0.15, -0.1) is 0 Å². The van der Waals surface area contributed by atoms with Crippen LogP contribution in [0.1, 0.15) is 54.2 Å². The van der Waals surface area contributed by atoms with Crippen LogP contribution >= 0.6 is 15.9 Å². The summed E-state index contributed by atoms with van der Waals surface area (Å²) in [7, 11) is 1.56. The van der Waals surface area contributed by atoms with Crippen LogP contribution in [0, 0.1) is 6.92 Å². The van der Waals surface area contributed by atoms with Crippen LogP contribution in [-0.2, 0) is 0 Å². The van der Waals surface area contributed by atoms with E-state index in [9.17, 15) is 9.59 Å². The van der Waals surface area contributed by atoms with Crippen molar-refractivity contribution >= 4 is 38.9 Å². The van der Waals surface area contributed by atoms with Crippen molar-refractivity contribution in [2.24, 2.45) is 0 Å². The molecule has 2 amide bonds. The summed E-state index contributed by atoms with van der Waals surface area (Å²) in [6, 6.07) is 8.58. The van der Waals surface area contributed by atoms with E-state index in [1.54, 1.807) is 31.3 Å². The van der Waals surface area contributed by atoms with Crippen LogP contribution < -0.4 is 10.6 Å². The van der Waals surface area contributed by atoms with Crippen molar-refractivity contribution in [2.45, 2.75) is 34.6 Å². The van der Waals surface area contributed by atoms with Crippen LogP contribution in [0.3, 0.4) is 0 Å². The van der Waals surface area contributed by atoms with Gasteiger partial charge in [0, 0.05) is 35.2 Å². The predicted octanol–water partition coefficient (Wildman–Crippen LogP) is 5.07. The zero-order valence-electron chi connectivity index (χ0n) is 17.1. The fourth-order valence-electron chi connectivity index (χ4n) is 2.45. The fourth-order valence-corrected chi connectivity index (χ4v) is 2.88. The van der Waals surface area contributed by atoms with Gasteiger partial charge in [-0.3, -0.25) is 9.59 Å². The van der Waals surface area contributed by atoms with Gasteiger partial charge >= 0.3 is 0 Å². The molecule has 0 aliphatic carbocycles. The number of amides is 2. The molecule has 0 unspecified atom stereocenters. The summed E-state index contributed by atoms with van der Waals surface area (Å²) in [5.74, 6) is -0.541. The Kier molecular flexibility index (Phi) is 9.38. The first-order chi connectivity index (χ1) is 13.5. The molecule has 0 radical (unpaired) electrons. The number of nitrogens with one attached hydrogen (secondary N) is 2. The number of fused-ring (bicyclic) bond motifs is 1. The average molecular weight is 447 g/mol. The quantitative estimate of drug-likeness (QED) is 0.589. The third-order valence-corrected chi connectivity index (χ3v) is 3.93. The molecule has 28 heavy (non-hydrogen) atoms. The smallest absolute Gasteiger partial charge is 0.276 e. The molecule has 0 atom stereocenters. The van der Waals surface area contributed by atoms with E-state index in [1.807, 2.05) is 57.5 Å². The largest absolute Gasteiger partial charge is 0.355 e. The number of rotatable bonds is 3. The number of aromatic nitrogens is 2. The molecule has 0 aliphatic rings. The van der Waals surface area contributed by atoms with Crippen molar-refractivity contribution in [3.63, 3.8) is 0 Å². The SMILES string of the molecule is CC.CC.CNC(=O)c1cccc(NC(=O)c2nc(C)cn3cc(Br)cc23)c1. The van der Waals surface area contributed by atoms with E-state index >= 15 is 0 Å². The minimum absolute atomic E-state index is 0.210. The summed E-state index contributed by atoms with van der Waals surface area (Å²) >= 11 is 3.41. The van der Waals surface area contributed by atoms with Crippen LogP contribution in [0.25, 0.3) is 5.52 Å². The lowest BCUT2D eigenvalue weighted by atomic mass is 10.2. The van der Waals surface area contributed by atoms with E-state index in [4.69, 9.17) is 0 Å². The van der Waals surface area contributed by atoms with Gasteiger partial charge in [0.25, 0.3) is 11.8 Å². The van der Waals surface area contributed by atoms with Crippen molar-refractivity contribution in [2.75, 3.05) is 12.4 Å². The average Bonchev–Trinajstić information content (AvgIpc) is 3.09. The molecular weight excluding hydrogens is 420 g/mol. The number of aryl methyl sites for hydroxylation is 1. The highest BCUT2D eigenvalue weighted by molar-refractivity contribution is 9.10. The highest BCUT2D eigenvalue weighted by Gasteiger charge is 2.15. The maximum absolute atomic E-state index is 12.6. The Morgan fingerprint density at radius 3 is 2.36 bits per heavy atom. The van der Waals surface area contributed by atoms with Crippen molar-refractivity contribution < 1.29 is 9.59 Å². The third-order valence-electron chi connectivity index (χ3n) is 3.50. The molecule has 7 heteroatoms. The standard InChI is InChI=1S/C17H15BrN4O2.2C2H6/c1-10-8-22-9-12(18)7-14(22)15(20-10)17(24)21-13-5-3-4-11(6-13)16(23)19-2;2*1-2/h3-9H,1-2H3,(H,19,23)(H,21,24);2*1-2H3. The van der Waals surface area contributed by atoms with Gasteiger partial charge in [0.05, 0.1) is 11.2 Å². The van der Waals surface area contributed by atoms with E-state index < -0.39 is 0 Å². The molecule has 2 aromatic heterocycles. The lowest BCUT2D eigenvalue weighted by Gasteiger charge is -2.09.